The number of pyridine rings is 1. The van der Waals surface area contributed by atoms with Gasteiger partial charge in [0.05, 0.1) is 7.11 Å². The number of rotatable bonds is 3. The molecule has 2 rings (SSSR count). The zero-order chi connectivity index (χ0) is 13.0. The summed E-state index contributed by atoms with van der Waals surface area (Å²) in [5.74, 6) is 0.00225. The third-order valence-electron chi connectivity index (χ3n) is 3.85. The molecule has 0 spiro atoms. The van der Waals surface area contributed by atoms with Gasteiger partial charge in [-0.2, -0.15) is 0 Å². The van der Waals surface area contributed by atoms with E-state index in [0.29, 0.717) is 11.5 Å². The van der Waals surface area contributed by atoms with Crippen molar-refractivity contribution in [1.82, 2.24) is 4.98 Å². The standard InChI is InChI=1S/C14H21FN2O/c1-18-14-12(15)11(8-9-17-14)13(16)10-6-4-2-3-5-7-10/h8-10,13H,2-7,16H2,1H3. The SMILES string of the molecule is COc1nccc(C(N)C2CCCCCC2)c1F. The summed E-state index contributed by atoms with van der Waals surface area (Å²) >= 11 is 0. The number of aromatic nitrogens is 1. The van der Waals surface area contributed by atoms with Crippen molar-refractivity contribution < 1.29 is 9.13 Å². The molecule has 4 heteroatoms. The Labute approximate surface area is 108 Å². The highest BCUT2D eigenvalue weighted by molar-refractivity contribution is 5.26. The van der Waals surface area contributed by atoms with E-state index in [2.05, 4.69) is 4.98 Å². The average molecular weight is 252 g/mol. The number of hydrogen-bond donors (Lipinski definition) is 1. The van der Waals surface area contributed by atoms with Gasteiger partial charge in [-0.05, 0) is 24.8 Å². The van der Waals surface area contributed by atoms with Crippen LogP contribution in [0, 0.1) is 11.7 Å². The number of nitrogens with two attached hydrogens (primary N) is 1. The molecule has 1 unspecified atom stereocenters. The summed E-state index contributed by atoms with van der Waals surface area (Å²) in [6.07, 6.45) is 8.67. The van der Waals surface area contributed by atoms with E-state index in [0.717, 1.165) is 12.8 Å². The first-order chi connectivity index (χ1) is 8.74. The third-order valence-corrected chi connectivity index (χ3v) is 3.85. The lowest BCUT2D eigenvalue weighted by atomic mass is 9.88. The molecule has 1 saturated carbocycles. The normalized spacial score (nSPS) is 19.3. The fraction of sp³-hybridized carbons (Fsp3) is 0.643. The van der Waals surface area contributed by atoms with Crippen molar-refractivity contribution in [1.29, 1.82) is 0 Å². The van der Waals surface area contributed by atoms with Crippen molar-refractivity contribution in [2.75, 3.05) is 7.11 Å². The summed E-state index contributed by atoms with van der Waals surface area (Å²) < 4.78 is 19.0. The number of nitrogens with zero attached hydrogens (tertiary/aromatic N) is 1. The molecule has 0 aromatic carbocycles. The maximum atomic E-state index is 14.1. The van der Waals surface area contributed by atoms with E-state index in [1.807, 2.05) is 0 Å². The lowest BCUT2D eigenvalue weighted by molar-refractivity contribution is 0.346. The summed E-state index contributed by atoms with van der Waals surface area (Å²) in [7, 11) is 1.42. The zero-order valence-electron chi connectivity index (χ0n) is 10.9. The van der Waals surface area contributed by atoms with Gasteiger partial charge in [0, 0.05) is 17.8 Å². The molecule has 0 amide bonds. The van der Waals surface area contributed by atoms with Gasteiger partial charge in [0.25, 0.3) is 0 Å². The van der Waals surface area contributed by atoms with E-state index in [4.69, 9.17) is 10.5 Å². The van der Waals surface area contributed by atoms with Gasteiger partial charge in [0.15, 0.2) is 5.82 Å². The predicted molar refractivity (Wildman–Crippen MR) is 68.9 cm³/mol. The molecule has 1 fully saturated rings. The van der Waals surface area contributed by atoms with Gasteiger partial charge in [0.2, 0.25) is 5.88 Å². The van der Waals surface area contributed by atoms with Crippen molar-refractivity contribution in [2.24, 2.45) is 11.7 Å². The number of halogens is 1. The van der Waals surface area contributed by atoms with Crippen LogP contribution in [0.2, 0.25) is 0 Å². The topological polar surface area (TPSA) is 48.1 Å². The van der Waals surface area contributed by atoms with Gasteiger partial charge in [0.1, 0.15) is 0 Å². The number of methoxy groups -OCH3 is 1. The first-order valence-corrected chi connectivity index (χ1v) is 6.68. The second kappa shape index (κ2) is 6.14. The number of hydrogen-bond acceptors (Lipinski definition) is 3. The minimum absolute atomic E-state index is 0.0385. The molecule has 100 valence electrons. The van der Waals surface area contributed by atoms with Crippen molar-refractivity contribution in [2.45, 2.75) is 44.6 Å². The van der Waals surface area contributed by atoms with E-state index in [1.54, 1.807) is 12.3 Å². The second-order valence-electron chi connectivity index (χ2n) is 5.00. The molecule has 2 N–H and O–H groups in total. The first-order valence-electron chi connectivity index (χ1n) is 6.68. The first kappa shape index (κ1) is 13.3. The van der Waals surface area contributed by atoms with Gasteiger partial charge >= 0.3 is 0 Å². The van der Waals surface area contributed by atoms with Crippen LogP contribution in [0.5, 0.6) is 5.88 Å². The van der Waals surface area contributed by atoms with Gasteiger partial charge in [-0.25, -0.2) is 9.37 Å². The molecule has 3 nitrogen and oxygen atoms in total. The van der Waals surface area contributed by atoms with Crippen LogP contribution in [-0.4, -0.2) is 12.1 Å². The molecule has 1 atom stereocenters. The lowest BCUT2D eigenvalue weighted by Crippen LogP contribution is -2.22. The van der Waals surface area contributed by atoms with E-state index >= 15 is 0 Å². The van der Waals surface area contributed by atoms with Crippen LogP contribution < -0.4 is 10.5 Å². The molecule has 1 aromatic heterocycles. The van der Waals surface area contributed by atoms with Gasteiger partial charge < -0.3 is 10.5 Å². The highest BCUT2D eigenvalue weighted by Crippen LogP contribution is 2.34. The highest BCUT2D eigenvalue weighted by atomic mass is 19.1. The molecule has 1 heterocycles. The average Bonchev–Trinajstić information content (AvgIpc) is 2.67. The Kier molecular flexibility index (Phi) is 4.53. The molecule has 1 aliphatic rings. The molecule has 0 saturated heterocycles. The Morgan fingerprint density at radius 2 is 2.00 bits per heavy atom. The van der Waals surface area contributed by atoms with E-state index < -0.39 is 5.82 Å². The maximum absolute atomic E-state index is 14.1. The minimum atomic E-state index is -0.406. The quantitative estimate of drug-likeness (QED) is 0.840. The Morgan fingerprint density at radius 1 is 1.33 bits per heavy atom. The number of ether oxygens (including phenoxy) is 1. The zero-order valence-corrected chi connectivity index (χ0v) is 10.9. The lowest BCUT2D eigenvalue weighted by Gasteiger charge is -2.23. The Balaban J connectivity index is 2.19. The van der Waals surface area contributed by atoms with Gasteiger partial charge in [-0.3, -0.25) is 0 Å². The van der Waals surface area contributed by atoms with Crippen LogP contribution in [0.1, 0.15) is 50.1 Å². The Hall–Kier alpha value is -1.16. The van der Waals surface area contributed by atoms with Crippen LogP contribution >= 0.6 is 0 Å². The molecular weight excluding hydrogens is 231 g/mol. The Bertz CT molecular complexity index is 389. The van der Waals surface area contributed by atoms with Gasteiger partial charge in [-0.1, -0.05) is 25.7 Å². The van der Waals surface area contributed by atoms with Crippen molar-refractivity contribution in [3.63, 3.8) is 0 Å². The highest BCUT2D eigenvalue weighted by Gasteiger charge is 2.24. The van der Waals surface area contributed by atoms with E-state index in [-0.39, 0.29) is 11.9 Å². The smallest absolute Gasteiger partial charge is 0.250 e. The molecule has 1 aromatic rings. The van der Waals surface area contributed by atoms with Crippen LogP contribution in [0.25, 0.3) is 0 Å². The molecule has 1 aliphatic carbocycles. The minimum Gasteiger partial charge on any atom is -0.479 e. The largest absolute Gasteiger partial charge is 0.479 e. The fourth-order valence-electron chi connectivity index (χ4n) is 2.76. The van der Waals surface area contributed by atoms with Crippen LogP contribution in [0.4, 0.5) is 4.39 Å². The third kappa shape index (κ3) is 2.80. The van der Waals surface area contributed by atoms with Gasteiger partial charge in [-0.15, -0.1) is 0 Å². The van der Waals surface area contributed by atoms with Crippen molar-refractivity contribution >= 4 is 0 Å². The van der Waals surface area contributed by atoms with Crippen LogP contribution in [-0.2, 0) is 0 Å². The summed E-state index contributed by atoms with van der Waals surface area (Å²) in [6.45, 7) is 0. The van der Waals surface area contributed by atoms with Crippen LogP contribution in [0.15, 0.2) is 12.3 Å². The molecule has 0 radical (unpaired) electrons. The van der Waals surface area contributed by atoms with Crippen molar-refractivity contribution in [3.05, 3.63) is 23.6 Å². The molecule has 0 aliphatic heterocycles. The fourth-order valence-corrected chi connectivity index (χ4v) is 2.76. The summed E-state index contributed by atoms with van der Waals surface area (Å²) in [5.41, 5.74) is 6.78. The molecule has 0 bridgehead atoms. The molecular formula is C14H21FN2O. The monoisotopic (exact) mass is 252 g/mol. The Morgan fingerprint density at radius 3 is 2.61 bits per heavy atom. The van der Waals surface area contributed by atoms with Crippen molar-refractivity contribution in [3.8, 4) is 5.88 Å². The van der Waals surface area contributed by atoms with E-state index in [1.165, 1.54) is 32.8 Å². The summed E-state index contributed by atoms with van der Waals surface area (Å²) in [4.78, 5) is 3.85. The second-order valence-corrected chi connectivity index (χ2v) is 5.00. The van der Waals surface area contributed by atoms with Crippen LogP contribution in [0.3, 0.4) is 0 Å². The van der Waals surface area contributed by atoms with E-state index in [9.17, 15) is 4.39 Å². The summed E-state index contributed by atoms with van der Waals surface area (Å²) in [6, 6.07) is 1.42. The predicted octanol–water partition coefficient (Wildman–Crippen LogP) is 3.20. The molecule has 18 heavy (non-hydrogen) atoms. The maximum Gasteiger partial charge on any atom is 0.250 e. The summed E-state index contributed by atoms with van der Waals surface area (Å²) in [5, 5.41) is 0.